The summed E-state index contributed by atoms with van der Waals surface area (Å²) in [5, 5.41) is 2.93. The van der Waals surface area contributed by atoms with Gasteiger partial charge in [-0.05, 0) is 58.4 Å². The fourth-order valence-corrected chi connectivity index (χ4v) is 3.13. The summed E-state index contributed by atoms with van der Waals surface area (Å²) in [6.07, 6.45) is 0. The molecule has 0 atom stereocenters. The number of furan rings is 1. The number of rotatable bonds is 9. The highest BCUT2D eigenvalue weighted by molar-refractivity contribution is 5.93. The number of methoxy groups -OCH3 is 1. The van der Waals surface area contributed by atoms with Gasteiger partial charge in [0.25, 0.3) is 0 Å². The highest BCUT2D eigenvalue weighted by Crippen LogP contribution is 2.17. The fraction of sp³-hybridized carbons (Fsp3) is 0.478. The summed E-state index contributed by atoms with van der Waals surface area (Å²) in [5.41, 5.74) is 2.85. The molecule has 0 spiro atoms. The first kappa shape index (κ1) is 23.5. The lowest BCUT2D eigenvalue weighted by molar-refractivity contribution is -0.133. The van der Waals surface area contributed by atoms with E-state index in [1.165, 1.54) is 4.90 Å². The van der Waals surface area contributed by atoms with Crippen LogP contribution >= 0.6 is 0 Å². The molecule has 30 heavy (non-hydrogen) atoms. The minimum Gasteiger partial charge on any atom is -0.464 e. The van der Waals surface area contributed by atoms with Crippen LogP contribution in [0.1, 0.15) is 36.5 Å². The maximum absolute atomic E-state index is 13.1. The topological polar surface area (TPSA) is 75.0 Å². The highest BCUT2D eigenvalue weighted by Gasteiger charge is 2.24. The summed E-state index contributed by atoms with van der Waals surface area (Å²) in [6, 6.07) is 9.12. The normalized spacial score (nSPS) is 10.9. The minimum atomic E-state index is -0.300. The second kappa shape index (κ2) is 10.8. The first-order valence-electron chi connectivity index (χ1n) is 10.2. The van der Waals surface area contributed by atoms with E-state index in [-0.39, 0.29) is 24.5 Å². The first-order valence-corrected chi connectivity index (χ1v) is 10.2. The largest absolute Gasteiger partial charge is 0.464 e. The van der Waals surface area contributed by atoms with Crippen molar-refractivity contribution in [2.45, 2.75) is 47.2 Å². The Morgan fingerprint density at radius 1 is 1.13 bits per heavy atom. The van der Waals surface area contributed by atoms with Crippen LogP contribution in [0.2, 0.25) is 0 Å². The Morgan fingerprint density at radius 3 is 2.43 bits per heavy atom. The Kier molecular flexibility index (Phi) is 8.47. The molecule has 0 fully saturated rings. The summed E-state index contributed by atoms with van der Waals surface area (Å²) < 4.78 is 10.8. The average Bonchev–Trinajstić information content (AvgIpc) is 3.09. The summed E-state index contributed by atoms with van der Waals surface area (Å²) in [6.45, 7) is 10.7. The van der Waals surface area contributed by atoms with Crippen molar-refractivity contribution >= 4 is 17.6 Å². The molecule has 164 valence electrons. The zero-order chi connectivity index (χ0) is 22.3. The number of ether oxygens (including phenoxy) is 1. The van der Waals surface area contributed by atoms with Crippen molar-refractivity contribution < 1.29 is 18.7 Å². The number of carbonyl (C=O) groups excluding carboxylic acids is 2. The number of nitrogens with one attached hydrogen (secondary N) is 1. The predicted octanol–water partition coefficient (Wildman–Crippen LogP) is 4.12. The van der Waals surface area contributed by atoms with Gasteiger partial charge in [-0.2, -0.15) is 0 Å². The third-order valence-corrected chi connectivity index (χ3v) is 4.87. The van der Waals surface area contributed by atoms with E-state index in [2.05, 4.69) is 5.32 Å². The van der Waals surface area contributed by atoms with Gasteiger partial charge >= 0.3 is 6.03 Å². The molecule has 1 aromatic heterocycles. The van der Waals surface area contributed by atoms with Crippen LogP contribution in [0.15, 0.2) is 34.7 Å². The fourth-order valence-electron chi connectivity index (χ4n) is 3.13. The van der Waals surface area contributed by atoms with E-state index in [0.717, 1.165) is 22.6 Å². The number of nitrogens with zero attached hydrogens (tertiary/aromatic N) is 2. The maximum Gasteiger partial charge on any atom is 0.322 e. The molecule has 0 bridgehead atoms. The number of benzene rings is 1. The quantitative estimate of drug-likeness (QED) is 0.668. The Hall–Kier alpha value is -2.80. The summed E-state index contributed by atoms with van der Waals surface area (Å²) >= 11 is 0. The molecule has 1 aromatic carbocycles. The first-order chi connectivity index (χ1) is 14.2. The number of anilines is 1. The van der Waals surface area contributed by atoms with Crippen LogP contribution in [-0.2, 0) is 16.1 Å². The average molecular weight is 416 g/mol. The monoisotopic (exact) mass is 415 g/mol. The SMILES string of the molecule is COCCN(Cc1ccc(C)o1)C(=O)CN(C(=O)Nc1ccc(C)cc1C)C(C)C. The summed E-state index contributed by atoms with van der Waals surface area (Å²) in [7, 11) is 1.59. The molecular weight excluding hydrogens is 382 g/mol. The molecule has 1 N–H and O–H groups in total. The van der Waals surface area contributed by atoms with E-state index in [1.807, 2.05) is 65.0 Å². The molecule has 0 radical (unpaired) electrons. The van der Waals surface area contributed by atoms with Crippen LogP contribution < -0.4 is 5.32 Å². The molecule has 3 amide bonds. The van der Waals surface area contributed by atoms with Gasteiger partial charge in [-0.15, -0.1) is 0 Å². The molecular formula is C23H33N3O4. The van der Waals surface area contributed by atoms with Gasteiger partial charge in [0.15, 0.2) is 0 Å². The summed E-state index contributed by atoms with van der Waals surface area (Å²) in [4.78, 5) is 29.2. The van der Waals surface area contributed by atoms with Crippen LogP contribution in [-0.4, -0.2) is 54.6 Å². The van der Waals surface area contributed by atoms with Crippen LogP contribution in [0.4, 0.5) is 10.5 Å². The molecule has 0 aliphatic heterocycles. The molecule has 0 aliphatic rings. The van der Waals surface area contributed by atoms with Crippen molar-refractivity contribution in [2.24, 2.45) is 0 Å². The molecule has 7 nitrogen and oxygen atoms in total. The Bertz CT molecular complexity index is 860. The molecule has 7 heteroatoms. The number of urea groups is 1. The second-order valence-electron chi connectivity index (χ2n) is 7.79. The van der Waals surface area contributed by atoms with Crippen molar-refractivity contribution in [2.75, 3.05) is 32.1 Å². The Balaban J connectivity index is 2.11. The van der Waals surface area contributed by atoms with E-state index < -0.39 is 0 Å². The van der Waals surface area contributed by atoms with Gasteiger partial charge < -0.3 is 24.3 Å². The number of hydrogen-bond acceptors (Lipinski definition) is 4. The van der Waals surface area contributed by atoms with E-state index >= 15 is 0 Å². The molecule has 0 unspecified atom stereocenters. The molecule has 2 aromatic rings. The standard InChI is InChI=1S/C23H33N3O4/c1-16(2)26(23(28)24-21-10-7-17(3)13-18(21)4)15-22(27)25(11-12-29-6)14-20-9-8-19(5)30-20/h7-10,13,16H,11-12,14-15H2,1-6H3,(H,24,28). The lowest BCUT2D eigenvalue weighted by Crippen LogP contribution is -2.47. The van der Waals surface area contributed by atoms with Crippen LogP contribution in [0.5, 0.6) is 0 Å². The van der Waals surface area contributed by atoms with Crippen molar-refractivity contribution in [3.05, 3.63) is 53.0 Å². The van der Waals surface area contributed by atoms with Gasteiger partial charge in [0.1, 0.15) is 18.1 Å². The zero-order valence-corrected chi connectivity index (χ0v) is 18.8. The number of amides is 3. The minimum absolute atomic E-state index is 0.0299. The van der Waals surface area contributed by atoms with E-state index in [1.54, 1.807) is 12.0 Å². The van der Waals surface area contributed by atoms with Gasteiger partial charge in [0.05, 0.1) is 13.2 Å². The molecule has 0 saturated carbocycles. The van der Waals surface area contributed by atoms with E-state index in [9.17, 15) is 9.59 Å². The van der Waals surface area contributed by atoms with E-state index in [0.29, 0.717) is 25.5 Å². The molecule has 2 rings (SSSR count). The number of carbonyl (C=O) groups is 2. The summed E-state index contributed by atoms with van der Waals surface area (Å²) in [5.74, 6) is 1.33. The van der Waals surface area contributed by atoms with Crippen molar-refractivity contribution in [3.63, 3.8) is 0 Å². The highest BCUT2D eigenvalue weighted by atomic mass is 16.5. The number of hydrogen-bond donors (Lipinski definition) is 1. The van der Waals surface area contributed by atoms with Crippen molar-refractivity contribution in [3.8, 4) is 0 Å². The molecule has 0 saturated heterocycles. The van der Waals surface area contributed by atoms with Crippen molar-refractivity contribution in [1.29, 1.82) is 0 Å². The van der Waals surface area contributed by atoms with Crippen LogP contribution in [0.25, 0.3) is 0 Å². The van der Waals surface area contributed by atoms with E-state index in [4.69, 9.17) is 9.15 Å². The lowest BCUT2D eigenvalue weighted by atomic mass is 10.1. The van der Waals surface area contributed by atoms with Gasteiger partial charge in [-0.25, -0.2) is 4.79 Å². The molecule has 0 aliphatic carbocycles. The van der Waals surface area contributed by atoms with Gasteiger partial charge in [0, 0.05) is 25.4 Å². The Morgan fingerprint density at radius 2 is 1.87 bits per heavy atom. The van der Waals surface area contributed by atoms with Gasteiger partial charge in [-0.1, -0.05) is 17.7 Å². The third kappa shape index (κ3) is 6.62. The third-order valence-electron chi connectivity index (χ3n) is 4.87. The Labute approximate surface area is 179 Å². The smallest absolute Gasteiger partial charge is 0.322 e. The molecule has 1 heterocycles. The van der Waals surface area contributed by atoms with Crippen molar-refractivity contribution in [1.82, 2.24) is 9.80 Å². The number of aryl methyl sites for hydroxylation is 3. The predicted molar refractivity (Wildman–Crippen MR) is 118 cm³/mol. The lowest BCUT2D eigenvalue weighted by Gasteiger charge is -2.30. The maximum atomic E-state index is 13.1. The van der Waals surface area contributed by atoms with Crippen LogP contribution in [0.3, 0.4) is 0 Å². The van der Waals surface area contributed by atoms with Crippen LogP contribution in [0, 0.1) is 20.8 Å². The zero-order valence-electron chi connectivity index (χ0n) is 18.8. The second-order valence-corrected chi connectivity index (χ2v) is 7.79. The van der Waals surface area contributed by atoms with Gasteiger partial charge in [0.2, 0.25) is 5.91 Å². The van der Waals surface area contributed by atoms with Gasteiger partial charge in [-0.3, -0.25) is 4.79 Å².